The molecule has 0 amide bonds. The Morgan fingerprint density at radius 1 is 1.21 bits per heavy atom. The van der Waals surface area contributed by atoms with Crippen LogP contribution in [0.4, 0.5) is 0 Å². The van der Waals surface area contributed by atoms with Gasteiger partial charge in [-0.2, -0.15) is 0 Å². The molecule has 2 aromatic rings. The average Bonchev–Trinajstić information content (AvgIpc) is 2.66. The predicted octanol–water partition coefficient (Wildman–Crippen LogP) is 3.35. The molecule has 0 radical (unpaired) electrons. The van der Waals surface area contributed by atoms with E-state index in [4.69, 9.17) is 27.7 Å². The monoisotopic (exact) mass is 229 g/mol. The fraction of sp³-hybridized carbons (Fsp3) is 0. The van der Waals surface area contributed by atoms with Crippen molar-refractivity contribution in [2.24, 2.45) is 0 Å². The fourth-order valence-corrected chi connectivity index (χ4v) is 1.56. The van der Waals surface area contributed by atoms with Crippen LogP contribution < -0.4 is 0 Å². The molecule has 1 heterocycles. The van der Waals surface area contributed by atoms with Gasteiger partial charge in [0.05, 0.1) is 16.2 Å². The highest BCUT2D eigenvalue weighted by Crippen LogP contribution is 2.36. The molecule has 0 saturated heterocycles. The van der Waals surface area contributed by atoms with Crippen LogP contribution in [0.1, 0.15) is 0 Å². The third-order valence-corrected chi connectivity index (χ3v) is 2.32. The van der Waals surface area contributed by atoms with Crippen molar-refractivity contribution in [3.63, 3.8) is 0 Å². The number of nitrogens with zero attached hydrogens (tertiary/aromatic N) is 1. The van der Waals surface area contributed by atoms with Crippen LogP contribution in [0.5, 0.6) is 5.75 Å². The van der Waals surface area contributed by atoms with Gasteiger partial charge >= 0.3 is 0 Å². The van der Waals surface area contributed by atoms with Crippen LogP contribution in [0.15, 0.2) is 28.9 Å². The summed E-state index contributed by atoms with van der Waals surface area (Å²) in [4.78, 5) is 0. The molecule has 1 N–H and O–H groups in total. The molecule has 14 heavy (non-hydrogen) atoms. The lowest BCUT2D eigenvalue weighted by Gasteiger charge is -2.01. The second-order valence-corrected chi connectivity index (χ2v) is 3.48. The van der Waals surface area contributed by atoms with Gasteiger partial charge in [-0.15, -0.1) is 0 Å². The summed E-state index contributed by atoms with van der Waals surface area (Å²) in [6.45, 7) is 0. The number of hydrogen-bond acceptors (Lipinski definition) is 3. The van der Waals surface area contributed by atoms with Crippen molar-refractivity contribution >= 4 is 23.2 Å². The SMILES string of the molecule is Oc1c(Cl)cc(-c2ccno2)cc1Cl. The van der Waals surface area contributed by atoms with Crippen LogP contribution in [0.2, 0.25) is 10.0 Å². The number of phenols is 1. The molecule has 0 aliphatic carbocycles. The van der Waals surface area contributed by atoms with Gasteiger partial charge in [-0.3, -0.25) is 0 Å². The Hall–Kier alpha value is -1.19. The minimum atomic E-state index is -0.128. The van der Waals surface area contributed by atoms with E-state index in [9.17, 15) is 5.11 Å². The van der Waals surface area contributed by atoms with Gasteiger partial charge in [0, 0.05) is 11.6 Å². The third-order valence-electron chi connectivity index (χ3n) is 1.74. The van der Waals surface area contributed by atoms with Gasteiger partial charge in [0.2, 0.25) is 0 Å². The standard InChI is InChI=1S/C9H5Cl2NO2/c10-6-3-5(4-7(11)9(6)13)8-1-2-12-14-8/h1-4,13H. The van der Waals surface area contributed by atoms with E-state index in [1.807, 2.05) is 0 Å². The molecule has 0 aliphatic heterocycles. The summed E-state index contributed by atoms with van der Waals surface area (Å²) in [5.74, 6) is 0.422. The van der Waals surface area contributed by atoms with Crippen molar-refractivity contribution in [2.45, 2.75) is 0 Å². The van der Waals surface area contributed by atoms with Crippen LogP contribution in [0.3, 0.4) is 0 Å². The molecule has 0 spiro atoms. The highest BCUT2D eigenvalue weighted by Gasteiger charge is 2.09. The molecule has 0 fully saturated rings. The van der Waals surface area contributed by atoms with Gasteiger partial charge in [0.25, 0.3) is 0 Å². The zero-order chi connectivity index (χ0) is 10.1. The number of halogens is 2. The Kier molecular flexibility index (Phi) is 2.35. The molecule has 0 atom stereocenters. The molecule has 72 valence electrons. The maximum absolute atomic E-state index is 9.32. The van der Waals surface area contributed by atoms with Crippen LogP contribution in [-0.4, -0.2) is 10.3 Å². The summed E-state index contributed by atoms with van der Waals surface area (Å²) in [5, 5.41) is 13.2. The highest BCUT2D eigenvalue weighted by atomic mass is 35.5. The summed E-state index contributed by atoms with van der Waals surface area (Å²) in [6.07, 6.45) is 1.52. The van der Waals surface area contributed by atoms with Crippen molar-refractivity contribution < 1.29 is 9.63 Å². The Bertz CT molecular complexity index is 431. The normalized spacial score (nSPS) is 10.4. The lowest BCUT2D eigenvalue weighted by molar-refractivity contribution is 0.432. The van der Waals surface area contributed by atoms with E-state index in [1.54, 1.807) is 18.2 Å². The van der Waals surface area contributed by atoms with Gasteiger partial charge in [0.1, 0.15) is 0 Å². The largest absolute Gasteiger partial charge is 0.505 e. The second kappa shape index (κ2) is 3.52. The molecule has 0 saturated carbocycles. The van der Waals surface area contributed by atoms with Crippen LogP contribution in [-0.2, 0) is 0 Å². The quantitative estimate of drug-likeness (QED) is 0.816. The number of rotatable bonds is 1. The van der Waals surface area contributed by atoms with Crippen molar-refractivity contribution in [1.29, 1.82) is 0 Å². The first kappa shape index (κ1) is 9.37. The molecule has 2 rings (SSSR count). The van der Waals surface area contributed by atoms with Crippen LogP contribution in [0.25, 0.3) is 11.3 Å². The molecule has 3 nitrogen and oxygen atoms in total. The Balaban J connectivity index is 2.57. The van der Waals surface area contributed by atoms with E-state index in [0.29, 0.717) is 11.3 Å². The van der Waals surface area contributed by atoms with Gasteiger partial charge in [0.15, 0.2) is 11.5 Å². The molecule has 1 aromatic heterocycles. The van der Waals surface area contributed by atoms with Crippen LogP contribution in [0, 0.1) is 0 Å². The lowest BCUT2D eigenvalue weighted by Crippen LogP contribution is -1.77. The summed E-state index contributed by atoms with van der Waals surface area (Å²) in [7, 11) is 0. The molecular formula is C9H5Cl2NO2. The highest BCUT2D eigenvalue weighted by molar-refractivity contribution is 6.37. The van der Waals surface area contributed by atoms with E-state index in [-0.39, 0.29) is 15.8 Å². The molecule has 1 aromatic carbocycles. The number of phenolic OH excluding ortho intramolecular Hbond substituents is 1. The van der Waals surface area contributed by atoms with Crippen LogP contribution >= 0.6 is 23.2 Å². The lowest BCUT2D eigenvalue weighted by atomic mass is 10.1. The summed E-state index contributed by atoms with van der Waals surface area (Å²) >= 11 is 11.5. The van der Waals surface area contributed by atoms with E-state index < -0.39 is 0 Å². The van der Waals surface area contributed by atoms with Crippen molar-refractivity contribution in [3.8, 4) is 17.1 Å². The first-order valence-electron chi connectivity index (χ1n) is 3.77. The van der Waals surface area contributed by atoms with Gasteiger partial charge in [-0.25, -0.2) is 0 Å². The maximum atomic E-state index is 9.32. The summed E-state index contributed by atoms with van der Waals surface area (Å²) in [6, 6.07) is 4.80. The average molecular weight is 230 g/mol. The van der Waals surface area contributed by atoms with Gasteiger partial charge in [-0.1, -0.05) is 28.4 Å². The zero-order valence-electron chi connectivity index (χ0n) is 6.87. The minimum absolute atomic E-state index is 0.128. The summed E-state index contributed by atoms with van der Waals surface area (Å²) in [5.41, 5.74) is 0.676. The van der Waals surface area contributed by atoms with Crippen molar-refractivity contribution in [3.05, 3.63) is 34.4 Å². The zero-order valence-corrected chi connectivity index (χ0v) is 8.38. The van der Waals surface area contributed by atoms with E-state index in [1.165, 1.54) is 6.20 Å². The number of aromatic nitrogens is 1. The second-order valence-electron chi connectivity index (χ2n) is 2.67. The van der Waals surface area contributed by atoms with Crippen molar-refractivity contribution in [1.82, 2.24) is 5.16 Å². The Morgan fingerprint density at radius 3 is 2.36 bits per heavy atom. The molecule has 0 bridgehead atoms. The minimum Gasteiger partial charge on any atom is -0.505 e. The number of aromatic hydroxyl groups is 1. The third kappa shape index (κ3) is 1.56. The first-order chi connectivity index (χ1) is 6.68. The Morgan fingerprint density at radius 2 is 1.86 bits per heavy atom. The van der Waals surface area contributed by atoms with Gasteiger partial charge in [-0.05, 0) is 12.1 Å². The first-order valence-corrected chi connectivity index (χ1v) is 4.53. The van der Waals surface area contributed by atoms with Gasteiger partial charge < -0.3 is 9.63 Å². The van der Waals surface area contributed by atoms with E-state index in [0.717, 1.165) is 0 Å². The predicted molar refractivity (Wildman–Crippen MR) is 53.6 cm³/mol. The number of hydrogen-bond donors (Lipinski definition) is 1. The molecule has 5 heteroatoms. The number of benzene rings is 1. The molecular weight excluding hydrogens is 225 g/mol. The smallest absolute Gasteiger partial charge is 0.166 e. The topological polar surface area (TPSA) is 46.3 Å². The molecule has 0 aliphatic rings. The van der Waals surface area contributed by atoms with E-state index in [2.05, 4.69) is 5.16 Å². The Labute approximate surface area is 89.9 Å². The van der Waals surface area contributed by atoms with E-state index >= 15 is 0 Å². The maximum Gasteiger partial charge on any atom is 0.166 e. The summed E-state index contributed by atoms with van der Waals surface area (Å²) < 4.78 is 4.92. The van der Waals surface area contributed by atoms with Crippen molar-refractivity contribution in [2.75, 3.05) is 0 Å². The molecule has 0 unspecified atom stereocenters. The fourth-order valence-electron chi connectivity index (χ4n) is 1.07.